The molecule has 0 aromatic carbocycles. The van der Waals surface area contributed by atoms with Gasteiger partial charge in [0.25, 0.3) is 0 Å². The van der Waals surface area contributed by atoms with E-state index in [1.165, 1.54) is 11.3 Å². The van der Waals surface area contributed by atoms with Crippen molar-refractivity contribution in [3.8, 4) is 6.07 Å². The maximum Gasteiger partial charge on any atom is 0.319 e. The van der Waals surface area contributed by atoms with Gasteiger partial charge in [0, 0.05) is 17.8 Å². The molecule has 7 heteroatoms. The molecule has 0 fully saturated rings. The van der Waals surface area contributed by atoms with Gasteiger partial charge in [0.05, 0.1) is 24.4 Å². The van der Waals surface area contributed by atoms with Crippen LogP contribution in [0.25, 0.3) is 0 Å². The van der Waals surface area contributed by atoms with E-state index in [-0.39, 0.29) is 18.8 Å². The number of amides is 2. The van der Waals surface area contributed by atoms with Gasteiger partial charge < -0.3 is 15.2 Å². The number of nitrogens with one attached hydrogen (secondary N) is 2. The maximum atomic E-state index is 11.6. The van der Waals surface area contributed by atoms with Crippen LogP contribution in [-0.4, -0.2) is 29.9 Å². The first-order chi connectivity index (χ1) is 9.46. The quantitative estimate of drug-likeness (QED) is 0.789. The van der Waals surface area contributed by atoms with Crippen LogP contribution >= 0.6 is 11.3 Å². The van der Waals surface area contributed by atoms with Gasteiger partial charge >= 0.3 is 6.03 Å². The molecule has 1 aliphatic rings. The molecule has 2 heterocycles. The molecule has 0 unspecified atom stereocenters. The summed E-state index contributed by atoms with van der Waals surface area (Å²) in [6, 6.07) is 1.74. The average Bonchev–Trinajstić information content (AvgIpc) is 2.71. The molecule has 3 N–H and O–H groups in total. The van der Waals surface area contributed by atoms with E-state index in [9.17, 15) is 10.1 Å². The third-order valence-electron chi connectivity index (χ3n) is 3.02. The number of aliphatic hydroxyl groups is 1. The number of aliphatic hydroxyl groups excluding tert-OH is 1. The molecule has 0 saturated carbocycles. The van der Waals surface area contributed by atoms with Crippen LogP contribution in [0.3, 0.4) is 0 Å². The second kappa shape index (κ2) is 5.79. The molecule has 2 rings (SSSR count). The number of carbonyl (C=O) groups is 1. The van der Waals surface area contributed by atoms with Crippen molar-refractivity contribution in [3.05, 3.63) is 16.0 Å². The van der Waals surface area contributed by atoms with Gasteiger partial charge in [0.2, 0.25) is 0 Å². The number of hydrogen-bond donors (Lipinski definition) is 3. The van der Waals surface area contributed by atoms with Gasteiger partial charge in [-0.2, -0.15) is 5.26 Å². The third-order valence-corrected chi connectivity index (χ3v) is 4.14. The highest BCUT2D eigenvalue weighted by Gasteiger charge is 2.31. The average molecular weight is 295 g/mol. The highest BCUT2D eigenvalue weighted by molar-refractivity contribution is 7.16. The number of nitrogens with zero attached hydrogens (tertiary/aromatic N) is 1. The Kier molecular flexibility index (Phi) is 4.28. The zero-order chi connectivity index (χ0) is 14.8. The van der Waals surface area contributed by atoms with Gasteiger partial charge in [0.15, 0.2) is 0 Å². The second-order valence-electron chi connectivity index (χ2n) is 5.15. The van der Waals surface area contributed by atoms with Gasteiger partial charge in [-0.15, -0.1) is 11.3 Å². The number of fused-ring (bicyclic) bond motifs is 1. The Labute approximate surface area is 121 Å². The van der Waals surface area contributed by atoms with Crippen LogP contribution in [0.2, 0.25) is 0 Å². The first-order valence-corrected chi connectivity index (χ1v) is 7.13. The van der Waals surface area contributed by atoms with E-state index in [0.717, 1.165) is 10.4 Å². The van der Waals surface area contributed by atoms with Gasteiger partial charge in [-0.1, -0.05) is 0 Å². The minimum Gasteiger partial charge on any atom is -0.395 e. The summed E-state index contributed by atoms with van der Waals surface area (Å²) in [5, 5.41) is 23.7. The molecule has 0 radical (unpaired) electrons. The lowest BCUT2D eigenvalue weighted by Gasteiger charge is -2.29. The summed E-state index contributed by atoms with van der Waals surface area (Å²) in [7, 11) is 0. The Balaban J connectivity index is 2.22. The Morgan fingerprint density at radius 3 is 3.00 bits per heavy atom. The van der Waals surface area contributed by atoms with Crippen molar-refractivity contribution >= 4 is 22.4 Å². The molecule has 1 aliphatic heterocycles. The number of carbonyl (C=O) groups excluding carboxylic acids is 1. The largest absolute Gasteiger partial charge is 0.395 e. The first-order valence-electron chi connectivity index (χ1n) is 6.31. The van der Waals surface area contributed by atoms with Crippen molar-refractivity contribution < 1.29 is 14.6 Å². The number of nitriles is 1. The summed E-state index contributed by atoms with van der Waals surface area (Å²) in [6.07, 6.45) is 0.654. The molecule has 1 aromatic rings. The molecule has 2 amide bonds. The zero-order valence-corrected chi connectivity index (χ0v) is 12.3. The molecule has 0 bridgehead atoms. The monoisotopic (exact) mass is 295 g/mol. The van der Waals surface area contributed by atoms with Gasteiger partial charge in [-0.25, -0.2) is 4.79 Å². The minimum absolute atomic E-state index is 0.124. The van der Waals surface area contributed by atoms with Crippen LogP contribution in [0, 0.1) is 11.3 Å². The van der Waals surface area contributed by atoms with Gasteiger partial charge in [0.1, 0.15) is 11.1 Å². The zero-order valence-electron chi connectivity index (χ0n) is 11.4. The topological polar surface area (TPSA) is 94.4 Å². The van der Waals surface area contributed by atoms with E-state index >= 15 is 0 Å². The summed E-state index contributed by atoms with van der Waals surface area (Å²) in [4.78, 5) is 12.6. The third kappa shape index (κ3) is 3.10. The second-order valence-corrected chi connectivity index (χ2v) is 6.25. The molecular weight excluding hydrogens is 278 g/mol. The molecule has 0 spiro atoms. The predicted octanol–water partition coefficient (Wildman–Crippen LogP) is 1.58. The van der Waals surface area contributed by atoms with E-state index in [1.807, 2.05) is 13.8 Å². The number of rotatable bonds is 3. The molecular formula is C13H17N3O3S. The minimum atomic E-state index is -0.422. The van der Waals surface area contributed by atoms with Crippen LogP contribution in [0.4, 0.5) is 9.80 Å². The summed E-state index contributed by atoms with van der Waals surface area (Å²) >= 11 is 1.37. The van der Waals surface area contributed by atoms with Crippen molar-refractivity contribution in [2.24, 2.45) is 0 Å². The van der Waals surface area contributed by atoms with Crippen LogP contribution in [0.5, 0.6) is 0 Å². The van der Waals surface area contributed by atoms with Crippen LogP contribution < -0.4 is 10.6 Å². The first kappa shape index (κ1) is 14.8. The Morgan fingerprint density at radius 1 is 1.60 bits per heavy atom. The SMILES string of the molecule is CC1(C)Cc2c(sc(NC(=O)NCCO)c2C#N)CO1. The van der Waals surface area contributed by atoms with Crippen molar-refractivity contribution in [2.45, 2.75) is 32.5 Å². The van der Waals surface area contributed by atoms with Crippen molar-refractivity contribution in [3.63, 3.8) is 0 Å². The van der Waals surface area contributed by atoms with E-state index in [4.69, 9.17) is 9.84 Å². The van der Waals surface area contributed by atoms with Crippen molar-refractivity contribution in [1.82, 2.24) is 5.32 Å². The van der Waals surface area contributed by atoms with Gasteiger partial charge in [-0.3, -0.25) is 5.32 Å². The standard InChI is InChI=1S/C13H17N3O3S/c1-13(2)5-8-9(6-14)11(20-10(8)7-19-13)16-12(18)15-3-4-17/h17H,3-5,7H2,1-2H3,(H2,15,16,18). The lowest BCUT2D eigenvalue weighted by atomic mass is 9.93. The molecule has 0 atom stereocenters. The molecule has 20 heavy (non-hydrogen) atoms. The lowest BCUT2D eigenvalue weighted by molar-refractivity contribution is -0.0383. The van der Waals surface area contributed by atoms with Crippen molar-refractivity contribution in [1.29, 1.82) is 5.26 Å². The summed E-state index contributed by atoms with van der Waals surface area (Å²) in [6.45, 7) is 4.48. The smallest absolute Gasteiger partial charge is 0.319 e. The predicted molar refractivity (Wildman–Crippen MR) is 75.7 cm³/mol. The number of hydrogen-bond acceptors (Lipinski definition) is 5. The Bertz CT molecular complexity index is 560. The van der Waals surface area contributed by atoms with E-state index < -0.39 is 6.03 Å². The van der Waals surface area contributed by atoms with Crippen molar-refractivity contribution in [2.75, 3.05) is 18.5 Å². The van der Waals surface area contributed by atoms with Gasteiger partial charge in [-0.05, 0) is 19.4 Å². The maximum absolute atomic E-state index is 11.6. The molecule has 0 saturated heterocycles. The fourth-order valence-corrected chi connectivity index (χ4v) is 3.15. The lowest BCUT2D eigenvalue weighted by Crippen LogP contribution is -2.31. The van der Waals surface area contributed by atoms with Crippen LogP contribution in [0.15, 0.2) is 0 Å². The molecule has 108 valence electrons. The number of thiophene rings is 1. The summed E-state index contributed by atoms with van der Waals surface area (Å²) in [5.41, 5.74) is 1.18. The molecule has 6 nitrogen and oxygen atoms in total. The normalized spacial score (nSPS) is 16.1. The Hall–Kier alpha value is -1.62. The highest BCUT2D eigenvalue weighted by Crippen LogP contribution is 2.39. The van der Waals surface area contributed by atoms with Crippen LogP contribution in [-0.2, 0) is 17.8 Å². The fraction of sp³-hybridized carbons (Fsp3) is 0.538. The highest BCUT2D eigenvalue weighted by atomic mass is 32.1. The Morgan fingerprint density at radius 2 is 2.35 bits per heavy atom. The van der Waals surface area contributed by atoms with E-state index in [1.54, 1.807) is 0 Å². The summed E-state index contributed by atoms with van der Waals surface area (Å²) < 4.78 is 5.71. The van der Waals surface area contributed by atoms with Crippen LogP contribution in [0.1, 0.15) is 29.9 Å². The number of urea groups is 1. The molecule has 0 aliphatic carbocycles. The molecule has 1 aromatic heterocycles. The summed E-state index contributed by atoms with van der Waals surface area (Å²) in [5.74, 6) is 0. The number of anilines is 1. The van der Waals surface area contributed by atoms with E-state index in [0.29, 0.717) is 23.6 Å². The van der Waals surface area contributed by atoms with E-state index in [2.05, 4.69) is 16.7 Å². The fourth-order valence-electron chi connectivity index (χ4n) is 2.08. The number of ether oxygens (including phenoxy) is 1.